The molecule has 4 atom stereocenters. The summed E-state index contributed by atoms with van der Waals surface area (Å²) in [5, 5.41) is 12.6. The van der Waals surface area contributed by atoms with E-state index < -0.39 is 0 Å². The molecule has 268 valence electrons. The molecular formula is C52H55N. The van der Waals surface area contributed by atoms with Gasteiger partial charge in [-0.15, -0.1) is 0 Å². The summed E-state index contributed by atoms with van der Waals surface area (Å²) in [6.07, 6.45) is 37.9. The topological polar surface area (TPSA) is 12.0 Å². The lowest BCUT2D eigenvalue weighted by Gasteiger charge is -2.31. The lowest BCUT2D eigenvalue weighted by atomic mass is 9.76. The molecule has 6 aliphatic rings. The van der Waals surface area contributed by atoms with Gasteiger partial charge in [-0.3, -0.25) is 0 Å². The largest absolute Gasteiger partial charge is 0.309 e. The Hall–Kier alpha value is -4.46. The van der Waals surface area contributed by atoms with Crippen LogP contribution in [0.25, 0.3) is 34.4 Å². The molecule has 3 aromatic carbocycles. The average molecular weight is 694 g/mol. The predicted octanol–water partition coefficient (Wildman–Crippen LogP) is 7.59. The van der Waals surface area contributed by atoms with E-state index in [4.69, 9.17) is 0 Å². The maximum absolute atomic E-state index is 3.95. The Kier molecular flexibility index (Phi) is 10.0. The minimum atomic E-state index is 0.314. The highest BCUT2D eigenvalue weighted by atomic mass is 14.9. The molecule has 3 aromatic rings. The summed E-state index contributed by atoms with van der Waals surface area (Å²) in [4.78, 5) is 0. The monoisotopic (exact) mass is 693 g/mol. The zero-order valence-corrected chi connectivity index (χ0v) is 31.6. The minimum Gasteiger partial charge on any atom is -0.309 e. The average Bonchev–Trinajstić information content (AvgIpc) is 3.23. The maximum Gasteiger partial charge on any atom is 0.0316 e. The summed E-state index contributed by atoms with van der Waals surface area (Å²) in [7, 11) is 0. The van der Waals surface area contributed by atoms with Crippen LogP contribution >= 0.6 is 0 Å². The summed E-state index contributed by atoms with van der Waals surface area (Å²) < 4.78 is 0. The molecule has 4 unspecified atom stereocenters. The normalized spacial score (nSPS) is 28.3. The Balaban J connectivity index is 1.13. The van der Waals surface area contributed by atoms with Gasteiger partial charge in [-0.2, -0.15) is 0 Å². The van der Waals surface area contributed by atoms with Gasteiger partial charge in [-0.05, 0) is 116 Å². The van der Waals surface area contributed by atoms with Gasteiger partial charge in [0.2, 0.25) is 0 Å². The second-order valence-corrected chi connectivity index (χ2v) is 16.4. The predicted molar refractivity (Wildman–Crippen MR) is 225 cm³/mol. The van der Waals surface area contributed by atoms with Crippen LogP contribution in [0, 0.1) is 23.7 Å². The van der Waals surface area contributed by atoms with Crippen LogP contribution in [0.1, 0.15) is 77.6 Å². The van der Waals surface area contributed by atoms with Gasteiger partial charge < -0.3 is 5.32 Å². The molecule has 0 amide bonds. The molecule has 0 spiro atoms. The number of nitrogens with one attached hydrogen (secondary N) is 1. The van der Waals surface area contributed by atoms with Gasteiger partial charge in [0.1, 0.15) is 0 Å². The third-order valence-electron chi connectivity index (χ3n) is 13.2. The Morgan fingerprint density at radius 3 is 2.23 bits per heavy atom. The lowest BCUT2D eigenvalue weighted by molar-refractivity contribution is 0.421. The van der Waals surface area contributed by atoms with Crippen molar-refractivity contribution in [2.24, 2.45) is 23.7 Å². The van der Waals surface area contributed by atoms with Gasteiger partial charge in [0.15, 0.2) is 0 Å². The molecule has 1 aliphatic heterocycles. The quantitative estimate of drug-likeness (QED) is 0.272. The highest BCUT2D eigenvalue weighted by Gasteiger charge is 2.26. The molecule has 1 saturated carbocycles. The van der Waals surface area contributed by atoms with Crippen LogP contribution < -0.4 is 36.6 Å². The van der Waals surface area contributed by atoms with Gasteiger partial charge >= 0.3 is 0 Å². The highest BCUT2D eigenvalue weighted by molar-refractivity contribution is 5.92. The number of allylic oxidation sites excluding steroid dienone is 7. The van der Waals surface area contributed by atoms with Gasteiger partial charge in [-0.1, -0.05) is 165 Å². The highest BCUT2D eigenvalue weighted by Crippen LogP contribution is 2.37. The smallest absolute Gasteiger partial charge is 0.0316 e. The molecule has 0 radical (unpaired) electrons. The van der Waals surface area contributed by atoms with E-state index in [-0.39, 0.29) is 0 Å². The van der Waals surface area contributed by atoms with E-state index in [1.165, 1.54) is 92.1 Å². The van der Waals surface area contributed by atoms with Crippen LogP contribution in [0.3, 0.4) is 0 Å². The molecular weight excluding hydrogens is 639 g/mol. The van der Waals surface area contributed by atoms with Crippen molar-refractivity contribution in [2.45, 2.75) is 83.6 Å². The molecule has 1 N–H and O–H groups in total. The molecule has 53 heavy (non-hydrogen) atoms. The third kappa shape index (κ3) is 7.02. The van der Waals surface area contributed by atoms with E-state index in [1.807, 2.05) is 0 Å². The summed E-state index contributed by atoms with van der Waals surface area (Å²) in [5.74, 6) is 1.98. The molecule has 1 fully saturated rings. The van der Waals surface area contributed by atoms with Crippen LogP contribution in [0.4, 0.5) is 0 Å². The zero-order valence-electron chi connectivity index (χ0n) is 31.6. The first-order valence-electron chi connectivity index (χ1n) is 20.8. The van der Waals surface area contributed by atoms with Crippen molar-refractivity contribution in [1.29, 1.82) is 0 Å². The summed E-state index contributed by atoms with van der Waals surface area (Å²) in [6, 6.07) is 28.0. The Morgan fingerprint density at radius 2 is 1.42 bits per heavy atom. The van der Waals surface area contributed by atoms with Crippen molar-refractivity contribution >= 4 is 34.4 Å². The van der Waals surface area contributed by atoms with Crippen molar-refractivity contribution in [3.63, 3.8) is 0 Å². The van der Waals surface area contributed by atoms with Crippen molar-refractivity contribution < 1.29 is 0 Å². The molecule has 0 aromatic heterocycles. The van der Waals surface area contributed by atoms with Crippen molar-refractivity contribution in [2.75, 3.05) is 6.54 Å². The van der Waals surface area contributed by atoms with E-state index in [9.17, 15) is 0 Å². The van der Waals surface area contributed by atoms with Crippen LogP contribution in [0.2, 0.25) is 0 Å². The number of benzene rings is 3. The molecule has 1 nitrogen and oxygen atoms in total. The van der Waals surface area contributed by atoms with E-state index in [0.717, 1.165) is 44.6 Å². The summed E-state index contributed by atoms with van der Waals surface area (Å²) in [6.45, 7) is 3.42. The fraction of sp³-hybridized carbons (Fsp3) is 0.346. The molecule has 0 saturated heterocycles. The second kappa shape index (κ2) is 15.5. The maximum atomic E-state index is 3.95. The van der Waals surface area contributed by atoms with Gasteiger partial charge in [0.05, 0.1) is 0 Å². The first-order chi connectivity index (χ1) is 26.2. The molecule has 1 heteroatoms. The van der Waals surface area contributed by atoms with E-state index in [2.05, 4.69) is 146 Å². The van der Waals surface area contributed by atoms with Crippen LogP contribution in [-0.2, 0) is 0 Å². The summed E-state index contributed by atoms with van der Waals surface area (Å²) >= 11 is 0. The Morgan fingerprint density at radius 1 is 0.660 bits per heavy atom. The van der Waals surface area contributed by atoms with E-state index in [0.29, 0.717) is 23.8 Å². The molecule has 5 aliphatic carbocycles. The van der Waals surface area contributed by atoms with E-state index >= 15 is 0 Å². The van der Waals surface area contributed by atoms with Crippen LogP contribution in [0.5, 0.6) is 0 Å². The van der Waals surface area contributed by atoms with Crippen molar-refractivity contribution in [3.05, 3.63) is 164 Å². The van der Waals surface area contributed by atoms with Gasteiger partial charge in [-0.25, -0.2) is 0 Å². The summed E-state index contributed by atoms with van der Waals surface area (Å²) in [5.41, 5.74) is 9.32. The van der Waals surface area contributed by atoms with E-state index in [1.54, 1.807) is 11.1 Å². The molecule has 0 bridgehead atoms. The number of rotatable bonds is 5. The number of fused-ring (bicyclic) bond motifs is 3. The SMILES string of the molecule is CC1/C=C\C=C/C/C(C2=CC(C3C=CC(C4C=c5ccccc5=CC4)NC3)=CCC2)=c2/ccccc2=C1C1=c2ccccc2=C(C2CCCCC2)CC1. The molecule has 9 rings (SSSR count). The van der Waals surface area contributed by atoms with Gasteiger partial charge in [0, 0.05) is 30.3 Å². The van der Waals surface area contributed by atoms with Gasteiger partial charge in [0.25, 0.3) is 0 Å². The lowest BCUT2D eigenvalue weighted by Crippen LogP contribution is -2.42. The third-order valence-corrected chi connectivity index (χ3v) is 13.2. The van der Waals surface area contributed by atoms with Crippen molar-refractivity contribution in [3.8, 4) is 0 Å². The standard InChI is InChI=1S/C52H55N/c1-36-15-4-2-7-22-44(41-21-14-20-40(33-41)43-29-32-51(53-35-43)42-28-27-37-16-8-9-19-39(37)34-42)47-24-12-13-26-49(47)52(36)50-31-30-45(38-17-5-3-6-18-38)46-23-10-11-25-48(46)50/h2,4,7-13,15-16,19-20,23-27,29,32-34,36,38,42-43,51,53H,3,5-6,14,17-18,21-22,28,30-31,35H2,1H3/b7-2-,15-4-,47-44+,52-49?. The number of hydrogen-bond donors (Lipinski definition) is 1. The fourth-order valence-corrected chi connectivity index (χ4v) is 10.4. The first-order valence-corrected chi connectivity index (χ1v) is 20.8. The fourth-order valence-electron chi connectivity index (χ4n) is 10.4. The first kappa shape index (κ1) is 34.3. The Labute approximate surface area is 316 Å². The Bertz CT molecular complexity index is 2420. The van der Waals surface area contributed by atoms with Crippen LogP contribution in [0.15, 0.2) is 133 Å². The molecule has 1 heterocycles. The minimum absolute atomic E-state index is 0.314. The zero-order chi connectivity index (χ0) is 35.6. The van der Waals surface area contributed by atoms with Crippen molar-refractivity contribution in [1.82, 2.24) is 5.32 Å². The second-order valence-electron chi connectivity index (χ2n) is 16.4. The number of hydrogen-bond acceptors (Lipinski definition) is 1. The van der Waals surface area contributed by atoms with Crippen LogP contribution in [-0.4, -0.2) is 12.6 Å².